The first-order chi connectivity index (χ1) is 12.2. The lowest BCUT2D eigenvalue weighted by Gasteiger charge is -2.32. The second-order valence-electron chi connectivity index (χ2n) is 6.57. The smallest absolute Gasteiger partial charge is 0.160 e. The van der Waals surface area contributed by atoms with Gasteiger partial charge in [-0.25, -0.2) is 0 Å². The molecule has 5 heteroatoms. The monoisotopic (exact) mass is 353 g/mol. The Morgan fingerprint density at radius 2 is 2.16 bits per heavy atom. The summed E-state index contributed by atoms with van der Waals surface area (Å²) in [6.45, 7) is 4.36. The van der Waals surface area contributed by atoms with Gasteiger partial charge in [-0.05, 0) is 42.7 Å². The summed E-state index contributed by atoms with van der Waals surface area (Å²) in [5.74, 6) is 2.05. The molecule has 2 aliphatic heterocycles. The van der Waals surface area contributed by atoms with Gasteiger partial charge in [-0.3, -0.25) is 9.98 Å². The molecule has 130 valence electrons. The van der Waals surface area contributed by atoms with E-state index in [9.17, 15) is 0 Å². The number of methoxy groups -OCH3 is 1. The van der Waals surface area contributed by atoms with Gasteiger partial charge in [-0.15, -0.1) is 0 Å². The van der Waals surface area contributed by atoms with Crippen LogP contribution in [0.1, 0.15) is 42.2 Å². The molecule has 0 unspecified atom stereocenters. The van der Waals surface area contributed by atoms with E-state index >= 15 is 0 Å². The zero-order valence-corrected chi connectivity index (χ0v) is 15.7. The standard InChI is InChI=1S/C20H23N3OS/c1-4-15-12-25-20-22-18(16-7-5-6-10-21-16)19(23(15)20)14-8-9-17(24-3)13(2)11-14/h5-11,15,18-19H,4,12H2,1-3H3/t15-,18-,19-/m1/s1. The highest BCUT2D eigenvalue weighted by molar-refractivity contribution is 8.14. The molecule has 2 aromatic rings. The Morgan fingerprint density at radius 3 is 2.84 bits per heavy atom. The van der Waals surface area contributed by atoms with Crippen molar-refractivity contribution in [3.05, 3.63) is 59.4 Å². The third-order valence-corrected chi connectivity index (χ3v) is 6.22. The minimum absolute atomic E-state index is 0.0471. The highest BCUT2D eigenvalue weighted by atomic mass is 32.2. The van der Waals surface area contributed by atoms with E-state index in [-0.39, 0.29) is 12.1 Å². The molecule has 0 N–H and O–H groups in total. The third kappa shape index (κ3) is 2.80. The molecule has 0 radical (unpaired) electrons. The molecule has 1 saturated heterocycles. The number of aromatic nitrogens is 1. The maximum absolute atomic E-state index is 5.44. The fourth-order valence-corrected chi connectivity index (χ4v) is 5.13. The zero-order chi connectivity index (χ0) is 17.4. The molecule has 0 bridgehead atoms. The van der Waals surface area contributed by atoms with Crippen LogP contribution < -0.4 is 4.74 Å². The molecule has 3 atom stereocenters. The second-order valence-corrected chi connectivity index (χ2v) is 7.55. The van der Waals surface area contributed by atoms with Crippen molar-refractivity contribution >= 4 is 16.9 Å². The van der Waals surface area contributed by atoms with Gasteiger partial charge in [-0.1, -0.05) is 36.9 Å². The first-order valence-electron chi connectivity index (χ1n) is 8.77. The maximum atomic E-state index is 5.44. The van der Waals surface area contributed by atoms with Gasteiger partial charge in [0.15, 0.2) is 5.17 Å². The molecule has 0 aliphatic carbocycles. The molecule has 1 fully saturated rings. The highest BCUT2D eigenvalue weighted by Gasteiger charge is 2.45. The van der Waals surface area contributed by atoms with Gasteiger partial charge >= 0.3 is 0 Å². The zero-order valence-electron chi connectivity index (χ0n) is 14.8. The van der Waals surface area contributed by atoms with Crippen LogP contribution in [0.2, 0.25) is 0 Å². The molecule has 4 rings (SSSR count). The van der Waals surface area contributed by atoms with E-state index < -0.39 is 0 Å². The van der Waals surface area contributed by atoms with Crippen LogP contribution in [-0.4, -0.2) is 34.0 Å². The Hall–Kier alpha value is -2.01. The molecule has 0 saturated carbocycles. The Labute approximate surface area is 153 Å². The number of nitrogens with zero attached hydrogens (tertiary/aromatic N) is 3. The van der Waals surface area contributed by atoms with Crippen LogP contribution in [0, 0.1) is 6.92 Å². The predicted molar refractivity (Wildman–Crippen MR) is 103 cm³/mol. The molecule has 2 aliphatic rings. The first-order valence-corrected chi connectivity index (χ1v) is 9.76. The van der Waals surface area contributed by atoms with E-state index in [0.717, 1.165) is 29.2 Å². The van der Waals surface area contributed by atoms with Crippen molar-refractivity contribution in [1.82, 2.24) is 9.88 Å². The minimum Gasteiger partial charge on any atom is -0.496 e. The lowest BCUT2D eigenvalue weighted by Crippen LogP contribution is -2.35. The Balaban J connectivity index is 1.79. The number of aliphatic imine (C=N–C) groups is 1. The lowest BCUT2D eigenvalue weighted by atomic mass is 9.94. The molecule has 4 nitrogen and oxygen atoms in total. The van der Waals surface area contributed by atoms with Crippen molar-refractivity contribution in [2.75, 3.05) is 12.9 Å². The van der Waals surface area contributed by atoms with Crippen molar-refractivity contribution in [2.24, 2.45) is 4.99 Å². The number of fused-ring (bicyclic) bond motifs is 1. The number of hydrogen-bond acceptors (Lipinski definition) is 5. The average molecular weight is 353 g/mol. The summed E-state index contributed by atoms with van der Waals surface area (Å²) in [4.78, 5) is 12.2. The van der Waals surface area contributed by atoms with Gasteiger partial charge in [0.05, 0.1) is 18.8 Å². The topological polar surface area (TPSA) is 37.7 Å². The molecular weight excluding hydrogens is 330 g/mol. The number of pyridine rings is 1. The van der Waals surface area contributed by atoms with E-state index in [1.54, 1.807) is 7.11 Å². The fraction of sp³-hybridized carbons (Fsp3) is 0.400. The summed E-state index contributed by atoms with van der Waals surface area (Å²) < 4.78 is 5.44. The van der Waals surface area contributed by atoms with E-state index in [1.165, 1.54) is 10.7 Å². The quantitative estimate of drug-likeness (QED) is 0.818. The van der Waals surface area contributed by atoms with Crippen LogP contribution in [0.5, 0.6) is 5.75 Å². The van der Waals surface area contributed by atoms with Crippen molar-refractivity contribution in [3.8, 4) is 5.75 Å². The van der Waals surface area contributed by atoms with Gasteiger partial charge in [0.2, 0.25) is 0 Å². The molecule has 3 heterocycles. The van der Waals surface area contributed by atoms with E-state index in [0.29, 0.717) is 6.04 Å². The molecule has 1 aromatic carbocycles. The summed E-state index contributed by atoms with van der Waals surface area (Å²) in [6.07, 6.45) is 2.99. The molecular formula is C20H23N3OS. The van der Waals surface area contributed by atoms with Gasteiger partial charge in [0.1, 0.15) is 11.8 Å². The Morgan fingerprint density at radius 1 is 1.28 bits per heavy atom. The van der Waals surface area contributed by atoms with Crippen LogP contribution >= 0.6 is 11.8 Å². The van der Waals surface area contributed by atoms with Gasteiger partial charge in [-0.2, -0.15) is 0 Å². The maximum Gasteiger partial charge on any atom is 0.160 e. The van der Waals surface area contributed by atoms with E-state index in [2.05, 4.69) is 48.0 Å². The van der Waals surface area contributed by atoms with Crippen LogP contribution in [-0.2, 0) is 0 Å². The van der Waals surface area contributed by atoms with Gasteiger partial charge < -0.3 is 9.64 Å². The van der Waals surface area contributed by atoms with E-state index in [4.69, 9.17) is 9.73 Å². The number of aryl methyl sites for hydroxylation is 1. The normalized spacial score (nSPS) is 25.0. The lowest BCUT2D eigenvalue weighted by molar-refractivity contribution is 0.255. The number of amidine groups is 1. The fourth-order valence-electron chi connectivity index (χ4n) is 3.80. The van der Waals surface area contributed by atoms with E-state index in [1.807, 2.05) is 30.1 Å². The first kappa shape index (κ1) is 16.5. The van der Waals surface area contributed by atoms with Crippen molar-refractivity contribution in [1.29, 1.82) is 0 Å². The van der Waals surface area contributed by atoms with Crippen LogP contribution in [0.3, 0.4) is 0 Å². The van der Waals surface area contributed by atoms with Gasteiger partial charge in [0.25, 0.3) is 0 Å². The van der Waals surface area contributed by atoms with Crippen molar-refractivity contribution in [2.45, 2.75) is 38.4 Å². The van der Waals surface area contributed by atoms with Crippen LogP contribution in [0.15, 0.2) is 47.6 Å². The number of thioether (sulfide) groups is 1. The molecule has 0 spiro atoms. The Kier molecular flexibility index (Phi) is 4.42. The average Bonchev–Trinajstić information content (AvgIpc) is 3.21. The second kappa shape index (κ2) is 6.71. The largest absolute Gasteiger partial charge is 0.496 e. The predicted octanol–water partition coefficient (Wildman–Crippen LogP) is 4.38. The SMILES string of the molecule is CC[C@@H]1CSC2=N[C@H](c3ccccn3)[C@@H](c3ccc(OC)c(C)c3)N21. The highest BCUT2D eigenvalue weighted by Crippen LogP contribution is 2.48. The molecule has 1 aromatic heterocycles. The summed E-state index contributed by atoms with van der Waals surface area (Å²) in [5.41, 5.74) is 3.49. The third-order valence-electron chi connectivity index (χ3n) is 5.09. The van der Waals surface area contributed by atoms with Crippen molar-refractivity contribution in [3.63, 3.8) is 0 Å². The Bertz CT molecular complexity index is 793. The number of ether oxygens (including phenoxy) is 1. The summed E-state index contributed by atoms with van der Waals surface area (Å²) in [6, 6.07) is 13.4. The van der Waals surface area contributed by atoms with Crippen LogP contribution in [0.4, 0.5) is 0 Å². The summed E-state index contributed by atoms with van der Waals surface area (Å²) in [7, 11) is 1.72. The number of hydrogen-bond donors (Lipinski definition) is 0. The number of rotatable bonds is 4. The number of benzene rings is 1. The van der Waals surface area contributed by atoms with Gasteiger partial charge in [0, 0.05) is 18.0 Å². The summed E-state index contributed by atoms with van der Waals surface area (Å²) in [5, 5.41) is 1.17. The minimum atomic E-state index is 0.0471. The molecule has 0 amide bonds. The molecule has 25 heavy (non-hydrogen) atoms. The summed E-state index contributed by atoms with van der Waals surface area (Å²) >= 11 is 1.88. The van der Waals surface area contributed by atoms with Crippen LogP contribution in [0.25, 0.3) is 0 Å². The van der Waals surface area contributed by atoms with Crippen molar-refractivity contribution < 1.29 is 4.74 Å².